The molecular weight excluding hydrogens is 420 g/mol. The van der Waals surface area contributed by atoms with Gasteiger partial charge in [0.2, 0.25) is 10.0 Å². The van der Waals surface area contributed by atoms with Crippen molar-refractivity contribution in [3.05, 3.63) is 57.7 Å². The maximum atomic E-state index is 13.3. The number of ether oxygens (including phenoxy) is 1. The van der Waals surface area contributed by atoms with E-state index in [1.54, 1.807) is 22.8 Å². The quantitative estimate of drug-likeness (QED) is 0.607. The zero-order valence-corrected chi connectivity index (χ0v) is 19.0. The van der Waals surface area contributed by atoms with Gasteiger partial charge in [0.25, 0.3) is 0 Å². The van der Waals surface area contributed by atoms with Crippen LogP contribution >= 0.6 is 11.3 Å². The summed E-state index contributed by atoms with van der Waals surface area (Å²) in [5.41, 5.74) is 1.21. The second-order valence-corrected chi connectivity index (χ2v) is 10.4. The largest absolute Gasteiger partial charge is 0.487 e. The Kier molecular flexibility index (Phi) is 5.50. The fraction of sp³-hybridized carbons (Fsp3) is 0.409. The number of fused-ring (bicyclic) bond motifs is 2. The molecule has 0 aliphatic carbocycles. The molecule has 160 valence electrons. The van der Waals surface area contributed by atoms with E-state index in [0.717, 1.165) is 41.0 Å². The number of hydrogen-bond acceptors (Lipinski definition) is 5. The zero-order valence-electron chi connectivity index (χ0n) is 17.3. The minimum atomic E-state index is -3.78. The van der Waals surface area contributed by atoms with Crippen molar-refractivity contribution < 1.29 is 13.2 Å². The lowest BCUT2D eigenvalue weighted by Crippen LogP contribution is -2.44. The van der Waals surface area contributed by atoms with E-state index in [0.29, 0.717) is 17.7 Å². The van der Waals surface area contributed by atoms with Gasteiger partial charge in [0.15, 0.2) is 0 Å². The van der Waals surface area contributed by atoms with Crippen molar-refractivity contribution in [2.24, 2.45) is 0 Å². The van der Waals surface area contributed by atoms with Crippen LogP contribution in [0.25, 0.3) is 10.2 Å². The van der Waals surface area contributed by atoms with Gasteiger partial charge in [-0.25, -0.2) is 13.1 Å². The summed E-state index contributed by atoms with van der Waals surface area (Å²) in [4.78, 5) is 12.2. The first-order chi connectivity index (χ1) is 14.3. The number of para-hydroxylation sites is 1. The van der Waals surface area contributed by atoms with E-state index in [1.165, 1.54) is 0 Å². The summed E-state index contributed by atoms with van der Waals surface area (Å²) in [5, 5.41) is 0. The van der Waals surface area contributed by atoms with E-state index < -0.39 is 15.6 Å². The summed E-state index contributed by atoms with van der Waals surface area (Å²) >= 11 is 1.07. The Bertz CT molecular complexity index is 1240. The molecule has 0 saturated heterocycles. The van der Waals surface area contributed by atoms with Crippen LogP contribution in [0.5, 0.6) is 5.75 Å². The molecule has 2 heterocycles. The molecule has 0 radical (unpaired) electrons. The fourth-order valence-electron chi connectivity index (χ4n) is 4.18. The average molecular weight is 447 g/mol. The van der Waals surface area contributed by atoms with Crippen molar-refractivity contribution in [1.29, 1.82) is 0 Å². The van der Waals surface area contributed by atoms with Crippen LogP contribution in [0.4, 0.5) is 0 Å². The van der Waals surface area contributed by atoms with Gasteiger partial charge in [0.1, 0.15) is 11.4 Å². The van der Waals surface area contributed by atoms with E-state index in [-0.39, 0.29) is 15.8 Å². The van der Waals surface area contributed by atoms with Crippen LogP contribution in [0.3, 0.4) is 0 Å². The summed E-state index contributed by atoms with van der Waals surface area (Å²) in [6.07, 6.45) is 2.15. The normalized spacial score (nSPS) is 18.2. The maximum absolute atomic E-state index is 13.3. The molecule has 1 N–H and O–H groups in total. The van der Waals surface area contributed by atoms with Gasteiger partial charge in [-0.1, -0.05) is 43.4 Å². The molecule has 0 saturated carbocycles. The molecule has 0 unspecified atom stereocenters. The summed E-state index contributed by atoms with van der Waals surface area (Å²) in [6, 6.07) is 12.1. The highest BCUT2D eigenvalue weighted by molar-refractivity contribution is 7.89. The van der Waals surface area contributed by atoms with E-state index in [2.05, 4.69) is 18.6 Å². The van der Waals surface area contributed by atoms with Crippen LogP contribution in [0.1, 0.15) is 51.6 Å². The molecule has 30 heavy (non-hydrogen) atoms. The third-order valence-corrected chi connectivity index (χ3v) is 8.46. The van der Waals surface area contributed by atoms with Gasteiger partial charge in [-0.2, -0.15) is 0 Å². The van der Waals surface area contributed by atoms with Crippen LogP contribution < -0.4 is 14.3 Å². The van der Waals surface area contributed by atoms with Crippen LogP contribution in [0.15, 0.2) is 52.2 Å². The lowest BCUT2D eigenvalue weighted by molar-refractivity contribution is 0.0260. The minimum Gasteiger partial charge on any atom is -0.487 e. The van der Waals surface area contributed by atoms with Crippen LogP contribution in [-0.4, -0.2) is 18.6 Å². The summed E-state index contributed by atoms with van der Waals surface area (Å²) < 4.78 is 38.1. The number of thiazole rings is 1. The van der Waals surface area contributed by atoms with Crippen molar-refractivity contribution >= 4 is 31.6 Å². The zero-order chi connectivity index (χ0) is 21.5. The van der Waals surface area contributed by atoms with Crippen molar-refractivity contribution in [1.82, 2.24) is 9.29 Å². The number of aromatic nitrogens is 1. The number of aryl methyl sites for hydroxylation is 1. The molecule has 4 rings (SSSR count). The Morgan fingerprint density at radius 1 is 1.17 bits per heavy atom. The van der Waals surface area contributed by atoms with Crippen molar-refractivity contribution in [2.45, 2.75) is 63.1 Å². The van der Waals surface area contributed by atoms with Gasteiger partial charge in [0.05, 0.1) is 21.2 Å². The number of nitrogens with one attached hydrogen (secondary N) is 1. The second kappa shape index (κ2) is 7.83. The Labute approximate surface area is 180 Å². The maximum Gasteiger partial charge on any atom is 0.308 e. The van der Waals surface area contributed by atoms with Crippen molar-refractivity contribution in [3.8, 4) is 5.75 Å². The Morgan fingerprint density at radius 2 is 1.90 bits per heavy atom. The molecule has 3 aromatic rings. The van der Waals surface area contributed by atoms with E-state index >= 15 is 0 Å². The highest BCUT2D eigenvalue weighted by Crippen LogP contribution is 2.43. The monoisotopic (exact) mass is 446 g/mol. The van der Waals surface area contributed by atoms with Gasteiger partial charge >= 0.3 is 4.87 Å². The number of hydrogen-bond donors (Lipinski definition) is 1. The predicted molar refractivity (Wildman–Crippen MR) is 120 cm³/mol. The smallest absolute Gasteiger partial charge is 0.308 e. The molecule has 1 aromatic heterocycles. The Balaban J connectivity index is 1.72. The topological polar surface area (TPSA) is 77.4 Å². The molecule has 0 spiro atoms. The highest BCUT2D eigenvalue weighted by Gasteiger charge is 2.40. The fourth-order valence-corrected chi connectivity index (χ4v) is 6.49. The third-order valence-electron chi connectivity index (χ3n) is 6.05. The summed E-state index contributed by atoms with van der Waals surface area (Å²) in [7, 11) is -3.78. The molecule has 2 aromatic carbocycles. The minimum absolute atomic E-state index is 0.0796. The van der Waals surface area contributed by atoms with Crippen molar-refractivity contribution in [2.75, 3.05) is 0 Å². The van der Waals surface area contributed by atoms with Gasteiger partial charge < -0.3 is 4.74 Å². The molecule has 8 heteroatoms. The van der Waals surface area contributed by atoms with E-state index in [4.69, 9.17) is 4.74 Å². The first-order valence-corrected chi connectivity index (χ1v) is 12.6. The SMILES string of the molecule is CCn1c(=O)sc2cc(S(=O)(=O)N[C@H]3CC(CC)(CC)Oc4ccccc43)ccc21. The second-order valence-electron chi connectivity index (χ2n) is 7.65. The molecule has 0 fully saturated rings. The molecule has 1 aliphatic heterocycles. The van der Waals surface area contributed by atoms with Gasteiger partial charge in [-0.3, -0.25) is 9.36 Å². The molecule has 0 bridgehead atoms. The third kappa shape index (κ3) is 3.57. The number of rotatable bonds is 6. The Hall–Kier alpha value is -2.16. The van der Waals surface area contributed by atoms with Crippen LogP contribution in [-0.2, 0) is 16.6 Å². The van der Waals surface area contributed by atoms with Gasteiger partial charge in [-0.05, 0) is 44.0 Å². The summed E-state index contributed by atoms with van der Waals surface area (Å²) in [5.74, 6) is 0.730. The lowest BCUT2D eigenvalue weighted by atomic mass is 9.84. The molecule has 1 atom stereocenters. The molecule has 6 nitrogen and oxygen atoms in total. The highest BCUT2D eigenvalue weighted by atomic mass is 32.2. The predicted octanol–water partition coefficient (Wildman–Crippen LogP) is 4.44. The van der Waals surface area contributed by atoms with Gasteiger partial charge in [-0.15, -0.1) is 0 Å². The van der Waals surface area contributed by atoms with Crippen LogP contribution in [0.2, 0.25) is 0 Å². The Morgan fingerprint density at radius 3 is 2.60 bits per heavy atom. The molecule has 1 aliphatic rings. The van der Waals surface area contributed by atoms with Gasteiger partial charge in [0, 0.05) is 18.5 Å². The van der Waals surface area contributed by atoms with E-state index in [1.807, 2.05) is 31.2 Å². The lowest BCUT2D eigenvalue weighted by Gasteiger charge is -2.41. The number of sulfonamides is 1. The molecular formula is C22H26N2O4S2. The standard InChI is InChI=1S/C22H26N2O4S2/c1-4-22(5-2)14-17(16-9-7-8-10-19(16)28-22)23-30(26,27)15-11-12-18-20(13-15)29-21(25)24(18)6-3/h7-13,17,23H,4-6,14H2,1-3H3/t17-/m0/s1. The van der Waals surface area contributed by atoms with Crippen LogP contribution in [0, 0.1) is 0 Å². The average Bonchev–Trinajstić information content (AvgIpc) is 3.07. The number of benzene rings is 2. The van der Waals surface area contributed by atoms with Crippen molar-refractivity contribution in [3.63, 3.8) is 0 Å². The number of nitrogens with zero attached hydrogens (tertiary/aromatic N) is 1. The summed E-state index contributed by atoms with van der Waals surface area (Å²) in [6.45, 7) is 6.59. The first kappa shape index (κ1) is 21.1. The molecule has 0 amide bonds. The first-order valence-electron chi connectivity index (χ1n) is 10.3. The van der Waals surface area contributed by atoms with E-state index in [9.17, 15) is 13.2 Å².